The lowest BCUT2D eigenvalue weighted by atomic mass is 10.2. The minimum absolute atomic E-state index is 0.763. The molecule has 0 aliphatic rings. The Morgan fingerprint density at radius 2 is 2.14 bits per heavy atom. The van der Waals surface area contributed by atoms with E-state index in [4.69, 9.17) is 11.6 Å². The van der Waals surface area contributed by atoms with Crippen molar-refractivity contribution >= 4 is 39.8 Å². The second kappa shape index (κ2) is 7.98. The van der Waals surface area contributed by atoms with Crippen molar-refractivity contribution in [3.05, 3.63) is 28.8 Å². The zero-order chi connectivity index (χ0) is 15.2. The molecule has 0 unspecified atom stereocenters. The van der Waals surface area contributed by atoms with Crippen LogP contribution in [0.1, 0.15) is 18.9 Å². The van der Waals surface area contributed by atoms with Crippen LogP contribution in [0, 0.1) is 0 Å². The fraction of sp³-hybridized carbons (Fsp3) is 0.429. The number of hydrogen-bond acceptors (Lipinski definition) is 6. The quantitative estimate of drug-likeness (QED) is 0.772. The van der Waals surface area contributed by atoms with Crippen LogP contribution in [0.5, 0.6) is 0 Å². The highest BCUT2D eigenvalue weighted by Gasteiger charge is 2.10. The number of halogens is 1. The zero-order valence-corrected chi connectivity index (χ0v) is 14.8. The maximum Gasteiger partial charge on any atom is 0.208 e. The molecule has 0 aliphatic carbocycles. The van der Waals surface area contributed by atoms with E-state index in [1.54, 1.807) is 23.1 Å². The van der Waals surface area contributed by atoms with Gasteiger partial charge in [-0.15, -0.1) is 10.2 Å². The van der Waals surface area contributed by atoms with Gasteiger partial charge in [-0.25, -0.2) is 0 Å². The second-order valence-corrected chi connectivity index (χ2v) is 7.46. The fourth-order valence-corrected chi connectivity index (χ4v) is 3.73. The molecule has 1 aromatic carbocycles. The van der Waals surface area contributed by atoms with Crippen LogP contribution in [0.2, 0.25) is 5.02 Å². The summed E-state index contributed by atoms with van der Waals surface area (Å²) < 4.78 is 0.942. The van der Waals surface area contributed by atoms with Crippen LogP contribution in [0.15, 0.2) is 27.4 Å². The SMILES string of the molecule is CCCNCc1cc(Cl)ccc1Sc1nnc(N(C)C)s1. The van der Waals surface area contributed by atoms with Gasteiger partial charge in [0.2, 0.25) is 5.13 Å². The Hall–Kier alpha value is -0.820. The summed E-state index contributed by atoms with van der Waals surface area (Å²) in [6.07, 6.45) is 1.12. The predicted molar refractivity (Wildman–Crippen MR) is 91.8 cm³/mol. The van der Waals surface area contributed by atoms with Crippen molar-refractivity contribution in [1.29, 1.82) is 0 Å². The van der Waals surface area contributed by atoms with Gasteiger partial charge in [0, 0.05) is 30.6 Å². The van der Waals surface area contributed by atoms with E-state index < -0.39 is 0 Å². The van der Waals surface area contributed by atoms with Crippen LogP contribution < -0.4 is 10.2 Å². The molecular weight excluding hydrogens is 324 g/mol. The van der Waals surface area contributed by atoms with Crippen LogP contribution >= 0.6 is 34.7 Å². The molecule has 4 nitrogen and oxygen atoms in total. The van der Waals surface area contributed by atoms with E-state index in [9.17, 15) is 0 Å². The highest BCUT2D eigenvalue weighted by Crippen LogP contribution is 2.35. The summed E-state index contributed by atoms with van der Waals surface area (Å²) in [5.74, 6) is 0. The molecule has 2 aromatic rings. The largest absolute Gasteiger partial charge is 0.353 e. The van der Waals surface area contributed by atoms with Crippen molar-refractivity contribution < 1.29 is 0 Å². The number of nitrogens with zero attached hydrogens (tertiary/aromatic N) is 3. The predicted octanol–water partition coefficient (Wildman–Crippen LogP) is 3.91. The number of rotatable bonds is 7. The summed E-state index contributed by atoms with van der Waals surface area (Å²) in [6, 6.07) is 5.98. The third kappa shape index (κ3) is 4.85. The molecule has 0 saturated carbocycles. The van der Waals surface area contributed by atoms with Gasteiger partial charge in [-0.1, -0.05) is 41.6 Å². The Labute approximate surface area is 138 Å². The number of hydrogen-bond donors (Lipinski definition) is 1. The summed E-state index contributed by atoms with van der Waals surface area (Å²) in [5.41, 5.74) is 1.20. The molecule has 0 fully saturated rings. The van der Waals surface area contributed by atoms with Crippen molar-refractivity contribution in [2.24, 2.45) is 0 Å². The van der Waals surface area contributed by atoms with Crippen LogP contribution in [0.25, 0.3) is 0 Å². The summed E-state index contributed by atoms with van der Waals surface area (Å²) in [7, 11) is 3.94. The molecule has 0 spiro atoms. The molecule has 0 amide bonds. The molecule has 1 aromatic heterocycles. The molecule has 0 aliphatic heterocycles. The second-order valence-electron chi connectivity index (χ2n) is 4.78. The number of aromatic nitrogens is 2. The van der Waals surface area contributed by atoms with E-state index in [-0.39, 0.29) is 0 Å². The Morgan fingerprint density at radius 1 is 1.33 bits per heavy atom. The van der Waals surface area contributed by atoms with Gasteiger partial charge < -0.3 is 10.2 Å². The molecule has 7 heteroatoms. The first-order valence-corrected chi connectivity index (χ1v) is 8.79. The molecule has 114 valence electrons. The van der Waals surface area contributed by atoms with Gasteiger partial charge in [0.1, 0.15) is 0 Å². The summed E-state index contributed by atoms with van der Waals surface area (Å²) in [6.45, 7) is 3.97. The molecule has 2 rings (SSSR count). The molecule has 0 saturated heterocycles. The summed E-state index contributed by atoms with van der Waals surface area (Å²) in [4.78, 5) is 3.14. The van der Waals surface area contributed by atoms with Gasteiger partial charge in [-0.05, 0) is 36.7 Å². The van der Waals surface area contributed by atoms with Gasteiger partial charge in [-0.3, -0.25) is 0 Å². The molecule has 0 bridgehead atoms. The van der Waals surface area contributed by atoms with Crippen molar-refractivity contribution in [2.75, 3.05) is 25.5 Å². The Bertz CT molecular complexity index is 586. The third-order valence-corrected chi connectivity index (χ3v) is 5.24. The minimum Gasteiger partial charge on any atom is -0.353 e. The molecular formula is C14H19ClN4S2. The monoisotopic (exact) mass is 342 g/mol. The molecule has 0 atom stereocenters. The normalized spacial score (nSPS) is 10.9. The van der Waals surface area contributed by atoms with Crippen molar-refractivity contribution in [1.82, 2.24) is 15.5 Å². The van der Waals surface area contributed by atoms with Gasteiger partial charge >= 0.3 is 0 Å². The van der Waals surface area contributed by atoms with Gasteiger partial charge in [-0.2, -0.15) is 0 Å². The average molecular weight is 343 g/mol. The van der Waals surface area contributed by atoms with Gasteiger partial charge in [0.15, 0.2) is 4.34 Å². The average Bonchev–Trinajstić information content (AvgIpc) is 2.91. The first-order valence-electron chi connectivity index (χ1n) is 6.78. The van der Waals surface area contributed by atoms with E-state index in [1.807, 2.05) is 37.2 Å². The molecule has 1 N–H and O–H groups in total. The van der Waals surface area contributed by atoms with Gasteiger partial charge in [0.25, 0.3) is 0 Å². The Kier molecular flexibility index (Phi) is 6.29. The first-order chi connectivity index (χ1) is 10.1. The lowest BCUT2D eigenvalue weighted by molar-refractivity contribution is 0.669. The first kappa shape index (κ1) is 16.5. The van der Waals surface area contributed by atoms with E-state index in [0.717, 1.165) is 34.0 Å². The number of nitrogens with one attached hydrogen (secondary N) is 1. The van der Waals surface area contributed by atoms with Crippen LogP contribution in [-0.4, -0.2) is 30.8 Å². The highest BCUT2D eigenvalue weighted by molar-refractivity contribution is 8.01. The lowest BCUT2D eigenvalue weighted by Crippen LogP contribution is -2.14. The third-order valence-electron chi connectivity index (χ3n) is 2.74. The number of benzene rings is 1. The maximum atomic E-state index is 6.11. The van der Waals surface area contributed by atoms with Crippen LogP contribution in [0.4, 0.5) is 5.13 Å². The highest BCUT2D eigenvalue weighted by atomic mass is 35.5. The minimum atomic E-state index is 0.763. The van der Waals surface area contributed by atoms with E-state index in [1.165, 1.54) is 10.5 Å². The van der Waals surface area contributed by atoms with Gasteiger partial charge in [0.05, 0.1) is 0 Å². The maximum absolute atomic E-state index is 6.11. The topological polar surface area (TPSA) is 41.1 Å². The van der Waals surface area contributed by atoms with E-state index >= 15 is 0 Å². The van der Waals surface area contributed by atoms with Crippen molar-refractivity contribution in [3.63, 3.8) is 0 Å². The standard InChI is InChI=1S/C14H19ClN4S2/c1-4-7-16-9-10-8-11(15)5-6-12(10)20-14-18-17-13(21-14)19(2)3/h5-6,8,16H,4,7,9H2,1-3H3. The molecule has 21 heavy (non-hydrogen) atoms. The molecule has 1 heterocycles. The van der Waals surface area contributed by atoms with Crippen LogP contribution in [0.3, 0.4) is 0 Å². The van der Waals surface area contributed by atoms with Crippen LogP contribution in [-0.2, 0) is 6.54 Å². The molecule has 0 radical (unpaired) electrons. The van der Waals surface area contributed by atoms with E-state index in [0.29, 0.717) is 0 Å². The summed E-state index contributed by atoms with van der Waals surface area (Å²) >= 11 is 9.34. The van der Waals surface area contributed by atoms with Crippen molar-refractivity contribution in [3.8, 4) is 0 Å². The summed E-state index contributed by atoms with van der Waals surface area (Å²) in [5, 5.41) is 13.5. The Morgan fingerprint density at radius 3 is 2.81 bits per heavy atom. The van der Waals surface area contributed by atoms with E-state index in [2.05, 4.69) is 22.4 Å². The number of anilines is 1. The smallest absolute Gasteiger partial charge is 0.208 e. The lowest BCUT2D eigenvalue weighted by Gasteiger charge is -2.09. The Balaban J connectivity index is 2.13. The zero-order valence-electron chi connectivity index (χ0n) is 12.4. The van der Waals surface area contributed by atoms with Crippen molar-refractivity contribution in [2.45, 2.75) is 29.1 Å². The fourth-order valence-electron chi connectivity index (χ4n) is 1.70.